The Bertz CT molecular complexity index is 484. The van der Waals surface area contributed by atoms with Crippen LogP contribution in [0.1, 0.15) is 6.92 Å². The molecule has 0 spiro atoms. The fraction of sp³-hybridized carbons (Fsp3) is 0.273. The van der Waals surface area contributed by atoms with Crippen molar-refractivity contribution in [1.82, 2.24) is 5.32 Å². The quantitative estimate of drug-likeness (QED) is 0.884. The summed E-state index contributed by atoms with van der Waals surface area (Å²) in [5.74, 6) is -1.93. The monoisotopic (exact) mass is 324 g/mol. The van der Waals surface area contributed by atoms with Crippen LogP contribution in [0, 0.1) is 0 Å². The Balaban J connectivity index is 2.63. The van der Waals surface area contributed by atoms with Gasteiger partial charge < -0.3 is 20.0 Å². The number of carbonyl (C=O) groups excluding carboxylic acids is 2. The van der Waals surface area contributed by atoms with Crippen molar-refractivity contribution in [3.8, 4) is 5.75 Å². The zero-order chi connectivity index (χ0) is 14.6. The number of halogens is 3. The van der Waals surface area contributed by atoms with Crippen LogP contribution in [0.3, 0.4) is 0 Å². The van der Waals surface area contributed by atoms with Gasteiger partial charge in [0, 0.05) is 5.02 Å². The maximum Gasteiger partial charge on any atom is 0.258 e. The average molecular weight is 326 g/mol. The van der Waals surface area contributed by atoms with E-state index < -0.39 is 24.5 Å². The number of amides is 1. The van der Waals surface area contributed by atoms with Crippen LogP contribution >= 0.6 is 34.8 Å². The summed E-state index contributed by atoms with van der Waals surface area (Å²) in [5.41, 5.74) is 0. The summed E-state index contributed by atoms with van der Waals surface area (Å²) in [7, 11) is 0. The molecule has 0 aliphatic heterocycles. The molecule has 5 nitrogen and oxygen atoms in total. The first-order chi connectivity index (χ1) is 8.81. The number of carboxylic acids is 1. The molecule has 1 rings (SSSR count). The van der Waals surface area contributed by atoms with Gasteiger partial charge in [-0.1, -0.05) is 34.8 Å². The van der Waals surface area contributed by atoms with Crippen LogP contribution in [0.15, 0.2) is 12.1 Å². The zero-order valence-electron chi connectivity index (χ0n) is 9.71. The first-order valence-corrected chi connectivity index (χ1v) is 6.22. The number of ether oxygens (including phenoxy) is 1. The fourth-order valence-corrected chi connectivity index (χ4v) is 2.07. The maximum absolute atomic E-state index is 11.4. The van der Waals surface area contributed by atoms with Crippen LogP contribution in [0.5, 0.6) is 5.75 Å². The Hall–Kier alpha value is -1.17. The molecule has 19 heavy (non-hydrogen) atoms. The maximum atomic E-state index is 11.4. The van der Waals surface area contributed by atoms with Crippen molar-refractivity contribution < 1.29 is 19.4 Å². The van der Waals surface area contributed by atoms with Crippen molar-refractivity contribution in [2.75, 3.05) is 6.61 Å². The molecule has 0 radical (unpaired) electrons. The van der Waals surface area contributed by atoms with Gasteiger partial charge in [0.05, 0.1) is 22.1 Å². The Morgan fingerprint density at radius 1 is 1.32 bits per heavy atom. The highest BCUT2D eigenvalue weighted by molar-refractivity contribution is 6.40. The van der Waals surface area contributed by atoms with Crippen LogP contribution in [-0.2, 0) is 9.59 Å². The van der Waals surface area contributed by atoms with E-state index >= 15 is 0 Å². The lowest BCUT2D eigenvalue weighted by Gasteiger charge is -2.15. The van der Waals surface area contributed by atoms with Crippen molar-refractivity contribution in [2.45, 2.75) is 13.0 Å². The van der Waals surface area contributed by atoms with Gasteiger partial charge in [0.2, 0.25) is 0 Å². The lowest BCUT2D eigenvalue weighted by atomic mass is 10.3. The second-order valence-corrected chi connectivity index (χ2v) is 4.85. The number of benzene rings is 1. The first-order valence-electron chi connectivity index (χ1n) is 5.09. The van der Waals surface area contributed by atoms with Crippen LogP contribution in [0.4, 0.5) is 0 Å². The van der Waals surface area contributed by atoms with Gasteiger partial charge in [-0.05, 0) is 19.1 Å². The third-order valence-electron chi connectivity index (χ3n) is 2.04. The fourth-order valence-electron chi connectivity index (χ4n) is 1.15. The first kappa shape index (κ1) is 15.9. The molecule has 0 bridgehead atoms. The van der Waals surface area contributed by atoms with Gasteiger partial charge in [0.15, 0.2) is 12.4 Å². The van der Waals surface area contributed by atoms with E-state index in [4.69, 9.17) is 39.5 Å². The second-order valence-electron chi connectivity index (χ2n) is 3.60. The largest absolute Gasteiger partial charge is 0.548 e. The zero-order valence-corrected chi connectivity index (χ0v) is 12.0. The summed E-state index contributed by atoms with van der Waals surface area (Å²) in [5, 5.41) is 13.2. The third kappa shape index (κ3) is 4.78. The molecule has 0 aliphatic rings. The van der Waals surface area contributed by atoms with E-state index in [9.17, 15) is 14.7 Å². The van der Waals surface area contributed by atoms with Gasteiger partial charge in [-0.2, -0.15) is 0 Å². The summed E-state index contributed by atoms with van der Waals surface area (Å²) < 4.78 is 5.12. The van der Waals surface area contributed by atoms with E-state index in [0.29, 0.717) is 5.02 Å². The smallest absolute Gasteiger partial charge is 0.258 e. The SMILES string of the molecule is C[C@@H](NC(=O)COc1c(Cl)cc(Cl)cc1Cl)C(=O)[O-]. The number of hydrogen-bond donors (Lipinski definition) is 1. The minimum absolute atomic E-state index is 0.101. The molecule has 0 aromatic heterocycles. The van der Waals surface area contributed by atoms with E-state index in [-0.39, 0.29) is 15.8 Å². The highest BCUT2D eigenvalue weighted by Crippen LogP contribution is 2.35. The van der Waals surface area contributed by atoms with Gasteiger partial charge >= 0.3 is 0 Å². The van der Waals surface area contributed by atoms with E-state index in [1.807, 2.05) is 0 Å². The lowest BCUT2D eigenvalue weighted by Crippen LogP contribution is -2.47. The topological polar surface area (TPSA) is 78.5 Å². The molecule has 0 aliphatic carbocycles. The number of nitrogens with one attached hydrogen (secondary N) is 1. The van der Waals surface area contributed by atoms with Gasteiger partial charge in [0.25, 0.3) is 5.91 Å². The van der Waals surface area contributed by atoms with E-state index in [2.05, 4.69) is 5.32 Å². The molecule has 1 aromatic carbocycles. The third-order valence-corrected chi connectivity index (χ3v) is 2.82. The number of rotatable bonds is 5. The molecule has 0 saturated heterocycles. The standard InChI is InChI=1S/C11H10Cl3NO4/c1-5(11(17)18)15-9(16)4-19-10-7(13)2-6(12)3-8(10)14/h2-3,5H,4H2,1H3,(H,15,16)(H,17,18)/p-1/t5-/m1/s1. The normalized spacial score (nSPS) is 11.8. The average Bonchev–Trinajstić information content (AvgIpc) is 2.27. The van der Waals surface area contributed by atoms with E-state index in [0.717, 1.165) is 0 Å². The molecule has 0 heterocycles. The second kappa shape index (κ2) is 6.84. The van der Waals surface area contributed by atoms with Crippen LogP contribution in [-0.4, -0.2) is 24.5 Å². The highest BCUT2D eigenvalue weighted by atomic mass is 35.5. The van der Waals surface area contributed by atoms with Crippen molar-refractivity contribution in [2.24, 2.45) is 0 Å². The Kier molecular flexibility index (Phi) is 5.72. The number of hydrogen-bond acceptors (Lipinski definition) is 4. The highest BCUT2D eigenvalue weighted by Gasteiger charge is 2.13. The van der Waals surface area contributed by atoms with E-state index in [1.165, 1.54) is 19.1 Å². The molecule has 8 heteroatoms. The van der Waals surface area contributed by atoms with Crippen molar-refractivity contribution in [3.63, 3.8) is 0 Å². The van der Waals surface area contributed by atoms with Gasteiger partial charge in [0.1, 0.15) is 0 Å². The number of aliphatic carboxylic acids is 1. The molecule has 0 fully saturated rings. The Morgan fingerprint density at radius 2 is 1.84 bits per heavy atom. The molecule has 1 amide bonds. The predicted molar refractivity (Wildman–Crippen MR) is 69.6 cm³/mol. The minimum atomic E-state index is -1.39. The minimum Gasteiger partial charge on any atom is -0.548 e. The molecular weight excluding hydrogens is 316 g/mol. The van der Waals surface area contributed by atoms with Gasteiger partial charge in [-0.3, -0.25) is 4.79 Å². The summed E-state index contributed by atoms with van der Waals surface area (Å²) in [6.07, 6.45) is 0. The van der Waals surface area contributed by atoms with Crippen molar-refractivity contribution in [3.05, 3.63) is 27.2 Å². The van der Waals surface area contributed by atoms with Gasteiger partial charge in [-0.25, -0.2) is 0 Å². The molecule has 104 valence electrons. The molecule has 0 unspecified atom stereocenters. The Morgan fingerprint density at radius 3 is 2.32 bits per heavy atom. The Labute approximate surface area is 124 Å². The summed E-state index contributed by atoms with van der Waals surface area (Å²) in [6.45, 7) is 0.841. The number of carboxylic acid groups (broad SMARTS) is 1. The van der Waals surface area contributed by atoms with Gasteiger partial charge in [-0.15, -0.1) is 0 Å². The summed E-state index contributed by atoms with van der Waals surface area (Å²) in [6, 6.07) is 1.70. The molecule has 0 saturated carbocycles. The molecule has 1 aromatic rings. The number of carbonyl (C=O) groups is 2. The van der Waals surface area contributed by atoms with Crippen LogP contribution < -0.4 is 15.2 Å². The predicted octanol–water partition coefficient (Wildman–Crippen LogP) is 1.28. The van der Waals surface area contributed by atoms with Crippen molar-refractivity contribution >= 4 is 46.7 Å². The summed E-state index contributed by atoms with van der Waals surface area (Å²) >= 11 is 17.4. The molecule has 1 atom stereocenters. The summed E-state index contributed by atoms with van der Waals surface area (Å²) in [4.78, 5) is 21.8. The van der Waals surface area contributed by atoms with Crippen LogP contribution in [0.2, 0.25) is 15.1 Å². The van der Waals surface area contributed by atoms with Crippen molar-refractivity contribution in [1.29, 1.82) is 0 Å². The molecular formula is C11H9Cl3NO4-. The molecule has 1 N–H and O–H groups in total. The van der Waals surface area contributed by atoms with E-state index in [1.54, 1.807) is 0 Å². The van der Waals surface area contributed by atoms with Crippen LogP contribution in [0.25, 0.3) is 0 Å². The lowest BCUT2D eigenvalue weighted by molar-refractivity contribution is -0.307.